The van der Waals surface area contributed by atoms with Gasteiger partial charge in [0, 0.05) is 30.9 Å². The van der Waals surface area contributed by atoms with Gasteiger partial charge in [-0.2, -0.15) is 0 Å². The summed E-state index contributed by atoms with van der Waals surface area (Å²) in [6.07, 6.45) is 9.33. The first-order valence-electron chi connectivity index (χ1n) is 7.86. The second-order valence-corrected chi connectivity index (χ2v) is 6.09. The van der Waals surface area contributed by atoms with Crippen molar-refractivity contribution in [2.45, 2.75) is 51.1 Å². The van der Waals surface area contributed by atoms with Crippen LogP contribution in [0.1, 0.15) is 44.1 Å². The number of fused-ring (bicyclic) bond motifs is 1. The second-order valence-electron chi connectivity index (χ2n) is 6.09. The summed E-state index contributed by atoms with van der Waals surface area (Å²) < 4.78 is 14.7. The van der Waals surface area contributed by atoms with Crippen molar-refractivity contribution in [1.82, 2.24) is 10.3 Å². The van der Waals surface area contributed by atoms with Crippen LogP contribution in [0.5, 0.6) is 0 Å². The molecule has 2 aliphatic rings. The molecule has 1 aromatic heterocycles. The first-order chi connectivity index (χ1) is 9.81. The zero-order valence-electron chi connectivity index (χ0n) is 12.2. The van der Waals surface area contributed by atoms with E-state index < -0.39 is 0 Å². The molecule has 1 aliphatic heterocycles. The van der Waals surface area contributed by atoms with Crippen molar-refractivity contribution < 1.29 is 4.39 Å². The summed E-state index contributed by atoms with van der Waals surface area (Å²) in [5, 5.41) is 3.02. The van der Waals surface area contributed by atoms with Gasteiger partial charge in [0.25, 0.3) is 0 Å². The van der Waals surface area contributed by atoms with Crippen LogP contribution < -0.4 is 10.2 Å². The fourth-order valence-corrected chi connectivity index (χ4v) is 3.89. The lowest BCUT2D eigenvalue weighted by atomic mass is 9.78. The van der Waals surface area contributed by atoms with E-state index in [0.29, 0.717) is 18.4 Å². The molecule has 1 saturated carbocycles. The van der Waals surface area contributed by atoms with Gasteiger partial charge in [0.05, 0.1) is 0 Å². The van der Waals surface area contributed by atoms with Crippen LogP contribution in [0.25, 0.3) is 0 Å². The molecule has 4 heteroatoms. The molecule has 0 spiro atoms. The van der Waals surface area contributed by atoms with Crippen molar-refractivity contribution in [3.05, 3.63) is 23.6 Å². The minimum absolute atomic E-state index is 0.131. The zero-order chi connectivity index (χ0) is 13.9. The molecule has 1 saturated heterocycles. The summed E-state index contributed by atoms with van der Waals surface area (Å²) in [5.41, 5.74) is 0.718. The Morgan fingerprint density at radius 3 is 2.95 bits per heavy atom. The lowest BCUT2D eigenvalue weighted by Gasteiger charge is -2.44. The third kappa shape index (κ3) is 2.53. The van der Waals surface area contributed by atoms with Gasteiger partial charge in [0.1, 0.15) is 0 Å². The summed E-state index contributed by atoms with van der Waals surface area (Å²) in [7, 11) is 1.84. The molecule has 1 aromatic rings. The molecular formula is C16H24FN3. The lowest BCUT2D eigenvalue weighted by Crippen LogP contribution is -2.47. The number of aromatic nitrogens is 1. The highest BCUT2D eigenvalue weighted by Gasteiger charge is 2.35. The number of rotatable bonds is 3. The van der Waals surface area contributed by atoms with Crippen LogP contribution in [-0.2, 0) is 6.54 Å². The number of pyridine rings is 1. The molecule has 110 valence electrons. The number of nitrogens with zero attached hydrogens (tertiary/aromatic N) is 2. The number of nitrogens with one attached hydrogen (secondary N) is 1. The van der Waals surface area contributed by atoms with Gasteiger partial charge in [0.2, 0.25) is 0 Å². The van der Waals surface area contributed by atoms with Crippen LogP contribution in [0.15, 0.2) is 12.3 Å². The fourth-order valence-electron chi connectivity index (χ4n) is 3.89. The molecule has 2 atom stereocenters. The van der Waals surface area contributed by atoms with E-state index >= 15 is 0 Å². The van der Waals surface area contributed by atoms with Crippen molar-refractivity contribution in [2.24, 2.45) is 5.92 Å². The van der Waals surface area contributed by atoms with Crippen LogP contribution in [0.4, 0.5) is 10.2 Å². The van der Waals surface area contributed by atoms with Crippen LogP contribution in [0, 0.1) is 11.7 Å². The molecule has 3 rings (SSSR count). The van der Waals surface area contributed by atoms with Crippen molar-refractivity contribution in [2.75, 3.05) is 18.5 Å². The Kier molecular flexibility index (Phi) is 4.20. The normalized spacial score (nSPS) is 26.4. The topological polar surface area (TPSA) is 28.2 Å². The minimum Gasteiger partial charge on any atom is -0.351 e. The minimum atomic E-state index is -0.131. The monoisotopic (exact) mass is 277 g/mol. The fraction of sp³-hybridized carbons (Fsp3) is 0.688. The van der Waals surface area contributed by atoms with Crippen molar-refractivity contribution >= 4 is 5.82 Å². The van der Waals surface area contributed by atoms with Crippen LogP contribution >= 0.6 is 0 Å². The molecule has 0 amide bonds. The Hall–Kier alpha value is -1.16. The van der Waals surface area contributed by atoms with Gasteiger partial charge in [-0.05, 0) is 44.7 Å². The van der Waals surface area contributed by atoms with E-state index in [2.05, 4.69) is 15.2 Å². The van der Waals surface area contributed by atoms with Gasteiger partial charge in [-0.25, -0.2) is 9.37 Å². The van der Waals surface area contributed by atoms with E-state index in [0.717, 1.165) is 18.0 Å². The van der Waals surface area contributed by atoms with Crippen LogP contribution in [-0.4, -0.2) is 24.6 Å². The predicted molar refractivity (Wildman–Crippen MR) is 79.3 cm³/mol. The van der Waals surface area contributed by atoms with E-state index in [4.69, 9.17) is 0 Å². The molecule has 1 N–H and O–H groups in total. The molecule has 20 heavy (non-hydrogen) atoms. The van der Waals surface area contributed by atoms with E-state index in [1.807, 2.05) is 7.05 Å². The Balaban J connectivity index is 1.89. The summed E-state index contributed by atoms with van der Waals surface area (Å²) in [6.45, 7) is 1.51. The van der Waals surface area contributed by atoms with Gasteiger partial charge in [-0.1, -0.05) is 12.8 Å². The average molecular weight is 277 g/mol. The van der Waals surface area contributed by atoms with Crippen molar-refractivity contribution in [3.63, 3.8) is 0 Å². The highest BCUT2D eigenvalue weighted by atomic mass is 19.1. The summed E-state index contributed by atoms with van der Waals surface area (Å²) >= 11 is 0. The van der Waals surface area contributed by atoms with E-state index in [1.54, 1.807) is 12.3 Å². The van der Waals surface area contributed by atoms with Crippen LogP contribution in [0.2, 0.25) is 0 Å². The van der Waals surface area contributed by atoms with Gasteiger partial charge in [-0.3, -0.25) is 0 Å². The number of hydrogen-bond acceptors (Lipinski definition) is 3. The lowest BCUT2D eigenvalue weighted by molar-refractivity contribution is 0.241. The average Bonchev–Trinajstić information content (AvgIpc) is 2.49. The van der Waals surface area contributed by atoms with Crippen LogP contribution in [0.3, 0.4) is 0 Å². The standard InChI is InChI=1S/C16H24FN3/c1-18-11-13-8-9-19-16(15(13)17)20-10-4-6-12-5-2-3-7-14(12)20/h8-9,12,14,18H,2-7,10-11H2,1H3. The maximum absolute atomic E-state index is 14.7. The third-order valence-corrected chi connectivity index (χ3v) is 4.83. The Morgan fingerprint density at radius 2 is 2.10 bits per heavy atom. The smallest absolute Gasteiger partial charge is 0.170 e. The number of halogens is 1. The zero-order valence-corrected chi connectivity index (χ0v) is 12.2. The van der Waals surface area contributed by atoms with Gasteiger partial charge in [0.15, 0.2) is 11.6 Å². The molecule has 1 aliphatic carbocycles. The highest BCUT2D eigenvalue weighted by Crippen LogP contribution is 2.38. The summed E-state index contributed by atoms with van der Waals surface area (Å²) in [5.74, 6) is 1.19. The largest absolute Gasteiger partial charge is 0.351 e. The first kappa shape index (κ1) is 13.8. The molecule has 0 radical (unpaired) electrons. The Labute approximate surface area is 120 Å². The van der Waals surface area contributed by atoms with Gasteiger partial charge >= 0.3 is 0 Å². The third-order valence-electron chi connectivity index (χ3n) is 4.83. The summed E-state index contributed by atoms with van der Waals surface area (Å²) in [4.78, 5) is 6.61. The predicted octanol–water partition coefficient (Wildman–Crippen LogP) is 3.10. The number of piperidine rings is 1. The van der Waals surface area contributed by atoms with Gasteiger partial charge in [-0.15, -0.1) is 0 Å². The van der Waals surface area contributed by atoms with Crippen molar-refractivity contribution in [3.8, 4) is 0 Å². The molecule has 3 nitrogen and oxygen atoms in total. The second kappa shape index (κ2) is 6.08. The van der Waals surface area contributed by atoms with E-state index in [-0.39, 0.29) is 5.82 Å². The molecular weight excluding hydrogens is 253 g/mol. The summed E-state index contributed by atoms with van der Waals surface area (Å²) in [6, 6.07) is 2.28. The van der Waals surface area contributed by atoms with E-state index in [1.165, 1.54) is 38.5 Å². The Morgan fingerprint density at radius 1 is 1.30 bits per heavy atom. The SMILES string of the molecule is CNCc1ccnc(N2CCCC3CCCCC32)c1F. The number of anilines is 1. The molecule has 0 aromatic carbocycles. The molecule has 0 bridgehead atoms. The van der Waals surface area contributed by atoms with E-state index in [9.17, 15) is 4.39 Å². The Bertz CT molecular complexity index is 461. The molecule has 2 fully saturated rings. The van der Waals surface area contributed by atoms with Crippen molar-refractivity contribution in [1.29, 1.82) is 0 Å². The number of hydrogen-bond donors (Lipinski definition) is 1. The quantitative estimate of drug-likeness (QED) is 0.920. The molecule has 2 heterocycles. The maximum Gasteiger partial charge on any atom is 0.170 e. The highest BCUT2D eigenvalue weighted by molar-refractivity contribution is 5.45. The molecule has 2 unspecified atom stereocenters. The van der Waals surface area contributed by atoms with Gasteiger partial charge < -0.3 is 10.2 Å². The maximum atomic E-state index is 14.7. The first-order valence-corrected chi connectivity index (χ1v) is 7.86.